The number of urea groups is 1. The van der Waals surface area contributed by atoms with E-state index in [2.05, 4.69) is 10.6 Å². The first-order valence-electron chi connectivity index (χ1n) is 8.03. The lowest BCUT2D eigenvalue weighted by Gasteiger charge is -2.43. The average Bonchev–Trinajstić information content (AvgIpc) is 2.45. The molecule has 2 N–H and O–H groups in total. The van der Waals surface area contributed by atoms with E-state index in [1.54, 1.807) is 12.1 Å². The lowest BCUT2D eigenvalue weighted by molar-refractivity contribution is 0.173. The number of carbonyl (C=O) groups is 1. The molecule has 2 amide bonds. The SMILES string of the molecule is O=C(NC1CCCCC1)NC1(c2ccc(F)cc2)CCC1. The van der Waals surface area contributed by atoms with E-state index in [-0.39, 0.29) is 17.4 Å². The molecule has 1 aromatic rings. The van der Waals surface area contributed by atoms with Crippen molar-refractivity contribution in [2.75, 3.05) is 0 Å². The van der Waals surface area contributed by atoms with Gasteiger partial charge in [-0.2, -0.15) is 0 Å². The molecule has 2 saturated carbocycles. The van der Waals surface area contributed by atoms with E-state index in [0.717, 1.165) is 37.7 Å². The molecule has 4 heteroatoms. The molecule has 3 rings (SSSR count). The molecule has 0 atom stereocenters. The van der Waals surface area contributed by atoms with Crippen LogP contribution in [0.2, 0.25) is 0 Å². The summed E-state index contributed by atoms with van der Waals surface area (Å²) in [7, 11) is 0. The predicted octanol–water partition coefficient (Wildman–Crippen LogP) is 3.84. The summed E-state index contributed by atoms with van der Waals surface area (Å²) in [5, 5.41) is 6.24. The average molecular weight is 290 g/mol. The fraction of sp³-hybridized carbons (Fsp3) is 0.588. The molecule has 0 saturated heterocycles. The highest BCUT2D eigenvalue weighted by molar-refractivity contribution is 5.75. The van der Waals surface area contributed by atoms with Crippen molar-refractivity contribution < 1.29 is 9.18 Å². The van der Waals surface area contributed by atoms with Gasteiger partial charge < -0.3 is 10.6 Å². The molecule has 0 bridgehead atoms. The van der Waals surface area contributed by atoms with Crippen molar-refractivity contribution in [1.29, 1.82) is 0 Å². The van der Waals surface area contributed by atoms with Crippen molar-refractivity contribution in [3.63, 3.8) is 0 Å². The first-order valence-corrected chi connectivity index (χ1v) is 8.03. The van der Waals surface area contributed by atoms with E-state index in [1.807, 2.05) is 0 Å². The van der Waals surface area contributed by atoms with Gasteiger partial charge in [0.25, 0.3) is 0 Å². The summed E-state index contributed by atoms with van der Waals surface area (Å²) < 4.78 is 13.1. The maximum Gasteiger partial charge on any atom is 0.315 e. The van der Waals surface area contributed by atoms with Crippen LogP contribution in [0.3, 0.4) is 0 Å². The minimum absolute atomic E-state index is 0.0778. The molecule has 0 aliphatic heterocycles. The van der Waals surface area contributed by atoms with E-state index in [1.165, 1.54) is 31.4 Å². The molecule has 114 valence electrons. The summed E-state index contributed by atoms with van der Waals surface area (Å²) in [4.78, 5) is 12.3. The number of nitrogens with one attached hydrogen (secondary N) is 2. The Balaban J connectivity index is 1.63. The van der Waals surface area contributed by atoms with Gasteiger partial charge in [-0.15, -0.1) is 0 Å². The molecule has 0 aromatic heterocycles. The molecule has 0 heterocycles. The van der Waals surface area contributed by atoms with Crippen LogP contribution >= 0.6 is 0 Å². The molecular weight excluding hydrogens is 267 g/mol. The Morgan fingerprint density at radius 2 is 1.71 bits per heavy atom. The van der Waals surface area contributed by atoms with Crippen LogP contribution in [-0.4, -0.2) is 12.1 Å². The second kappa shape index (κ2) is 6.04. The number of amides is 2. The predicted molar refractivity (Wildman–Crippen MR) is 80.5 cm³/mol. The third-order valence-electron chi connectivity index (χ3n) is 4.90. The normalized spacial score (nSPS) is 21.4. The Morgan fingerprint density at radius 3 is 2.29 bits per heavy atom. The minimum Gasteiger partial charge on any atom is -0.335 e. The Morgan fingerprint density at radius 1 is 1.05 bits per heavy atom. The quantitative estimate of drug-likeness (QED) is 0.872. The van der Waals surface area contributed by atoms with E-state index < -0.39 is 0 Å². The highest BCUT2D eigenvalue weighted by atomic mass is 19.1. The van der Waals surface area contributed by atoms with Crippen LogP contribution < -0.4 is 10.6 Å². The summed E-state index contributed by atoms with van der Waals surface area (Å²) in [6.45, 7) is 0. The van der Waals surface area contributed by atoms with Gasteiger partial charge in [-0.05, 0) is 49.8 Å². The second-order valence-electron chi connectivity index (χ2n) is 6.38. The topological polar surface area (TPSA) is 41.1 Å². The van der Waals surface area contributed by atoms with Crippen molar-refractivity contribution in [2.45, 2.75) is 62.9 Å². The van der Waals surface area contributed by atoms with Crippen molar-refractivity contribution in [3.8, 4) is 0 Å². The van der Waals surface area contributed by atoms with Crippen LogP contribution in [0.25, 0.3) is 0 Å². The monoisotopic (exact) mass is 290 g/mol. The van der Waals surface area contributed by atoms with Crippen LogP contribution in [-0.2, 0) is 5.54 Å². The lowest BCUT2D eigenvalue weighted by Crippen LogP contribution is -2.55. The summed E-state index contributed by atoms with van der Waals surface area (Å²) >= 11 is 0. The summed E-state index contributed by atoms with van der Waals surface area (Å²) in [6, 6.07) is 6.74. The van der Waals surface area contributed by atoms with Crippen LogP contribution in [0.5, 0.6) is 0 Å². The highest BCUT2D eigenvalue weighted by Crippen LogP contribution is 2.41. The highest BCUT2D eigenvalue weighted by Gasteiger charge is 2.40. The number of hydrogen-bond acceptors (Lipinski definition) is 1. The standard InChI is InChI=1S/C17H23FN2O/c18-14-9-7-13(8-10-14)17(11-4-12-17)20-16(21)19-15-5-2-1-3-6-15/h7-10,15H,1-6,11-12H2,(H2,19,20,21). The fourth-order valence-corrected chi connectivity index (χ4v) is 3.47. The Bertz CT molecular complexity index is 490. The fourth-order valence-electron chi connectivity index (χ4n) is 3.47. The van der Waals surface area contributed by atoms with Gasteiger partial charge in [0.2, 0.25) is 0 Å². The molecular formula is C17H23FN2O. The first-order chi connectivity index (χ1) is 10.2. The van der Waals surface area contributed by atoms with Crippen molar-refractivity contribution >= 4 is 6.03 Å². The maximum atomic E-state index is 13.1. The molecule has 2 aliphatic rings. The van der Waals surface area contributed by atoms with Crippen LogP contribution in [0.1, 0.15) is 56.9 Å². The first kappa shape index (κ1) is 14.4. The zero-order valence-corrected chi connectivity index (χ0v) is 12.3. The van der Waals surface area contributed by atoms with E-state index >= 15 is 0 Å². The maximum absolute atomic E-state index is 13.1. The van der Waals surface area contributed by atoms with Crippen molar-refractivity contribution in [3.05, 3.63) is 35.6 Å². The van der Waals surface area contributed by atoms with E-state index in [0.29, 0.717) is 6.04 Å². The molecule has 0 unspecified atom stereocenters. The molecule has 21 heavy (non-hydrogen) atoms. The third-order valence-corrected chi connectivity index (χ3v) is 4.90. The Hall–Kier alpha value is -1.58. The van der Waals surface area contributed by atoms with Crippen molar-refractivity contribution in [2.24, 2.45) is 0 Å². The summed E-state index contributed by atoms with van der Waals surface area (Å²) in [5.41, 5.74) is 0.709. The van der Waals surface area contributed by atoms with Gasteiger partial charge in [0, 0.05) is 6.04 Å². The minimum atomic E-state index is -0.299. The van der Waals surface area contributed by atoms with Gasteiger partial charge in [0.05, 0.1) is 5.54 Å². The molecule has 2 aliphatic carbocycles. The van der Waals surface area contributed by atoms with Crippen LogP contribution in [0.4, 0.5) is 9.18 Å². The van der Waals surface area contributed by atoms with Crippen LogP contribution in [0.15, 0.2) is 24.3 Å². The third kappa shape index (κ3) is 3.20. The van der Waals surface area contributed by atoms with Crippen molar-refractivity contribution in [1.82, 2.24) is 10.6 Å². The van der Waals surface area contributed by atoms with E-state index in [4.69, 9.17) is 0 Å². The lowest BCUT2D eigenvalue weighted by atomic mass is 9.72. The zero-order valence-electron chi connectivity index (χ0n) is 12.3. The van der Waals surface area contributed by atoms with Gasteiger partial charge in [-0.3, -0.25) is 0 Å². The van der Waals surface area contributed by atoms with Gasteiger partial charge in [-0.1, -0.05) is 31.4 Å². The van der Waals surface area contributed by atoms with Gasteiger partial charge in [0.1, 0.15) is 5.82 Å². The van der Waals surface area contributed by atoms with E-state index in [9.17, 15) is 9.18 Å². The molecule has 1 aromatic carbocycles. The number of benzene rings is 1. The molecule has 0 spiro atoms. The second-order valence-corrected chi connectivity index (χ2v) is 6.38. The number of rotatable bonds is 3. The Kier molecular flexibility index (Phi) is 4.13. The molecule has 3 nitrogen and oxygen atoms in total. The smallest absolute Gasteiger partial charge is 0.315 e. The molecule has 2 fully saturated rings. The summed E-state index contributed by atoms with van der Waals surface area (Å²) in [5.74, 6) is -0.236. The number of hydrogen-bond donors (Lipinski definition) is 2. The molecule has 0 radical (unpaired) electrons. The van der Waals surface area contributed by atoms with Gasteiger partial charge in [-0.25, -0.2) is 9.18 Å². The Labute approximate surface area is 125 Å². The van der Waals surface area contributed by atoms with Gasteiger partial charge in [0.15, 0.2) is 0 Å². The number of carbonyl (C=O) groups excluding carboxylic acids is 1. The van der Waals surface area contributed by atoms with Gasteiger partial charge >= 0.3 is 6.03 Å². The largest absolute Gasteiger partial charge is 0.335 e. The number of halogens is 1. The zero-order chi connectivity index (χ0) is 14.7. The summed E-state index contributed by atoms with van der Waals surface area (Å²) in [6.07, 6.45) is 8.80. The van der Waals surface area contributed by atoms with Crippen LogP contribution in [0, 0.1) is 5.82 Å².